The lowest BCUT2D eigenvalue weighted by molar-refractivity contribution is -0.137. The van der Waals surface area contributed by atoms with Crippen LogP contribution < -0.4 is 5.73 Å². The normalized spacial score (nSPS) is 24.7. The lowest BCUT2D eigenvalue weighted by Gasteiger charge is -2.26. The Morgan fingerprint density at radius 2 is 2.08 bits per heavy atom. The highest BCUT2D eigenvalue weighted by Gasteiger charge is 2.54. The number of alkyl halides is 3. The topological polar surface area (TPSA) is 59.2 Å². The predicted octanol–water partition coefficient (Wildman–Crippen LogP) is 3.70. The van der Waals surface area contributed by atoms with Crippen molar-refractivity contribution in [3.8, 4) is 10.4 Å². The molecule has 1 aromatic carbocycles. The molecule has 2 aliphatic rings. The lowest BCUT2D eigenvalue weighted by Crippen LogP contribution is -2.42. The Bertz CT molecular complexity index is 864. The summed E-state index contributed by atoms with van der Waals surface area (Å²) in [5.74, 6) is 0.167. The Kier molecular flexibility index (Phi) is 4.07. The number of hydrogen-bond acceptors (Lipinski definition) is 4. The molecule has 138 valence electrons. The van der Waals surface area contributed by atoms with Crippen molar-refractivity contribution in [1.29, 1.82) is 0 Å². The van der Waals surface area contributed by atoms with E-state index in [0.717, 1.165) is 30.2 Å². The van der Waals surface area contributed by atoms with Crippen molar-refractivity contribution in [2.45, 2.75) is 38.0 Å². The first-order valence-corrected chi connectivity index (χ1v) is 9.29. The second kappa shape index (κ2) is 6.06. The third-order valence-electron chi connectivity index (χ3n) is 5.13. The second-order valence-electron chi connectivity index (χ2n) is 6.85. The summed E-state index contributed by atoms with van der Waals surface area (Å²) in [6, 6.07) is 5.43. The van der Waals surface area contributed by atoms with E-state index in [1.807, 2.05) is 0 Å². The van der Waals surface area contributed by atoms with Gasteiger partial charge in [-0.15, -0.1) is 11.3 Å². The van der Waals surface area contributed by atoms with Crippen LogP contribution in [0.4, 0.5) is 13.2 Å². The van der Waals surface area contributed by atoms with Gasteiger partial charge in [0.25, 0.3) is 5.91 Å². The summed E-state index contributed by atoms with van der Waals surface area (Å²) >= 11 is 1.12. The monoisotopic (exact) mass is 381 g/mol. The van der Waals surface area contributed by atoms with Crippen molar-refractivity contribution in [1.82, 2.24) is 9.88 Å². The van der Waals surface area contributed by atoms with Crippen molar-refractivity contribution in [2.24, 2.45) is 11.7 Å². The fraction of sp³-hybridized carbons (Fsp3) is 0.444. The van der Waals surface area contributed by atoms with E-state index in [1.165, 1.54) is 12.1 Å². The molecule has 8 heteroatoms. The number of nitrogens with zero attached hydrogens (tertiary/aromatic N) is 2. The van der Waals surface area contributed by atoms with Crippen molar-refractivity contribution in [3.05, 3.63) is 40.5 Å². The van der Waals surface area contributed by atoms with Crippen LogP contribution in [0.1, 0.15) is 33.9 Å². The van der Waals surface area contributed by atoms with Crippen LogP contribution in [0.2, 0.25) is 0 Å². The summed E-state index contributed by atoms with van der Waals surface area (Å²) in [6.07, 6.45) is -2.69. The van der Waals surface area contributed by atoms with Gasteiger partial charge in [0.05, 0.1) is 15.4 Å². The van der Waals surface area contributed by atoms with E-state index >= 15 is 0 Å². The van der Waals surface area contributed by atoms with Gasteiger partial charge >= 0.3 is 6.18 Å². The minimum Gasteiger partial charge on any atom is -0.330 e. The summed E-state index contributed by atoms with van der Waals surface area (Å²) in [4.78, 5) is 19.5. The molecule has 4 nitrogen and oxygen atoms in total. The van der Waals surface area contributed by atoms with Crippen LogP contribution in [0.3, 0.4) is 0 Å². The molecule has 2 N–H and O–H groups in total. The smallest absolute Gasteiger partial charge is 0.330 e. The zero-order chi connectivity index (χ0) is 18.6. The Hall–Kier alpha value is -1.93. The number of amides is 1. The van der Waals surface area contributed by atoms with Crippen LogP contribution >= 0.6 is 11.3 Å². The zero-order valence-corrected chi connectivity index (χ0v) is 14.9. The average Bonchev–Trinajstić information content (AvgIpc) is 3.09. The number of rotatable bonds is 3. The third-order valence-corrected chi connectivity index (χ3v) is 6.14. The number of halogens is 3. The van der Waals surface area contributed by atoms with Gasteiger partial charge in [0.2, 0.25) is 0 Å². The molecule has 26 heavy (non-hydrogen) atoms. The molecule has 2 fully saturated rings. The van der Waals surface area contributed by atoms with E-state index in [4.69, 9.17) is 5.73 Å². The van der Waals surface area contributed by atoms with E-state index in [-0.39, 0.29) is 34.1 Å². The highest BCUT2D eigenvalue weighted by atomic mass is 32.1. The van der Waals surface area contributed by atoms with Gasteiger partial charge in [0, 0.05) is 24.2 Å². The molecule has 1 aliphatic heterocycles. The van der Waals surface area contributed by atoms with Crippen LogP contribution in [0.25, 0.3) is 10.4 Å². The number of piperidine rings is 1. The first kappa shape index (κ1) is 17.5. The first-order valence-electron chi connectivity index (χ1n) is 8.48. The maximum absolute atomic E-state index is 13.4. The molecule has 2 aromatic rings. The van der Waals surface area contributed by atoms with Crippen LogP contribution in [0.15, 0.2) is 24.3 Å². The summed E-state index contributed by atoms with van der Waals surface area (Å²) in [5, 5.41) is 0.566. The highest BCUT2D eigenvalue weighted by molar-refractivity contribution is 7.15. The number of likely N-dealkylation sites (tertiary alicyclic amines) is 1. The van der Waals surface area contributed by atoms with Crippen molar-refractivity contribution in [3.63, 3.8) is 0 Å². The van der Waals surface area contributed by atoms with Crippen molar-refractivity contribution < 1.29 is 18.0 Å². The number of carbonyl (C=O) groups is 1. The molecule has 0 unspecified atom stereocenters. The zero-order valence-electron chi connectivity index (χ0n) is 14.1. The number of aromatic nitrogens is 1. The quantitative estimate of drug-likeness (QED) is 0.882. The number of hydrogen-bond donors (Lipinski definition) is 1. The second-order valence-corrected chi connectivity index (χ2v) is 8.06. The van der Waals surface area contributed by atoms with Crippen LogP contribution in [0.5, 0.6) is 0 Å². The van der Waals surface area contributed by atoms with Gasteiger partial charge in [0.15, 0.2) is 0 Å². The summed E-state index contributed by atoms with van der Waals surface area (Å²) in [7, 11) is 0. The van der Waals surface area contributed by atoms with Crippen LogP contribution in [0, 0.1) is 12.8 Å². The molecule has 0 radical (unpaired) electrons. The molecule has 0 bridgehead atoms. The van der Waals surface area contributed by atoms with Gasteiger partial charge in [-0.1, -0.05) is 18.2 Å². The van der Waals surface area contributed by atoms with E-state index in [0.29, 0.717) is 17.5 Å². The number of nitrogens with two attached hydrogens (primary N) is 1. The lowest BCUT2D eigenvalue weighted by atomic mass is 10.0. The van der Waals surface area contributed by atoms with Gasteiger partial charge in [-0.05, 0) is 31.7 Å². The van der Waals surface area contributed by atoms with Crippen LogP contribution in [-0.2, 0) is 6.18 Å². The molecule has 2 heterocycles. The minimum absolute atomic E-state index is 0.00444. The molecule has 3 atom stereocenters. The van der Waals surface area contributed by atoms with E-state index in [2.05, 4.69) is 4.98 Å². The summed E-state index contributed by atoms with van der Waals surface area (Å²) < 4.78 is 40.3. The van der Waals surface area contributed by atoms with Gasteiger partial charge in [-0.2, -0.15) is 13.2 Å². The number of thiazole rings is 1. The largest absolute Gasteiger partial charge is 0.417 e. The standard InChI is InChI=1S/C18H18F3N3OS/c1-9-23-15(17(25)24-11(8-22)6-10-7-14(10)24)16(26-9)12-4-2-3-5-13(12)18(19,20)21/h2-5,10-11,14H,6-8,22H2,1H3/t10-,11+,14+/m1/s1. The summed E-state index contributed by atoms with van der Waals surface area (Å²) in [5.41, 5.74) is 5.16. The number of benzene rings is 1. The maximum Gasteiger partial charge on any atom is 0.417 e. The fourth-order valence-corrected chi connectivity index (χ4v) is 4.84. The number of fused-ring (bicyclic) bond motifs is 1. The Balaban J connectivity index is 1.78. The van der Waals surface area contributed by atoms with Gasteiger partial charge in [-0.3, -0.25) is 4.79 Å². The SMILES string of the molecule is Cc1nc(C(=O)N2[C@H](CN)C[C@@H]3C[C@@H]32)c(-c2ccccc2C(F)(F)F)s1. The van der Waals surface area contributed by atoms with E-state index in [1.54, 1.807) is 17.9 Å². The number of carbonyl (C=O) groups excluding carboxylic acids is 1. The maximum atomic E-state index is 13.4. The predicted molar refractivity (Wildman–Crippen MR) is 92.8 cm³/mol. The van der Waals surface area contributed by atoms with E-state index < -0.39 is 11.7 Å². The molecule has 0 spiro atoms. The fourth-order valence-electron chi connectivity index (χ4n) is 3.89. The minimum atomic E-state index is -4.50. The average molecular weight is 381 g/mol. The molecule has 1 aromatic heterocycles. The van der Waals surface area contributed by atoms with E-state index in [9.17, 15) is 18.0 Å². The molecule has 1 saturated heterocycles. The molecule has 1 amide bonds. The number of aryl methyl sites for hydroxylation is 1. The van der Waals surface area contributed by atoms with Crippen molar-refractivity contribution >= 4 is 17.2 Å². The Morgan fingerprint density at radius 3 is 2.77 bits per heavy atom. The molecular formula is C18H18F3N3OS. The summed E-state index contributed by atoms with van der Waals surface area (Å²) in [6.45, 7) is 2.06. The first-order chi connectivity index (χ1) is 12.3. The molecule has 1 aliphatic carbocycles. The molecular weight excluding hydrogens is 363 g/mol. The third kappa shape index (κ3) is 2.81. The molecule has 4 rings (SSSR count). The Morgan fingerprint density at radius 1 is 1.35 bits per heavy atom. The Labute approximate surface area is 152 Å². The van der Waals surface area contributed by atoms with Crippen LogP contribution in [-0.4, -0.2) is 34.4 Å². The highest BCUT2D eigenvalue weighted by Crippen LogP contribution is 2.49. The van der Waals surface area contributed by atoms with Crippen molar-refractivity contribution in [2.75, 3.05) is 6.54 Å². The van der Waals surface area contributed by atoms with Gasteiger partial charge in [0.1, 0.15) is 5.69 Å². The van der Waals surface area contributed by atoms with Gasteiger partial charge in [-0.25, -0.2) is 4.98 Å². The van der Waals surface area contributed by atoms with Gasteiger partial charge < -0.3 is 10.6 Å². The molecule has 1 saturated carbocycles.